The summed E-state index contributed by atoms with van der Waals surface area (Å²) < 4.78 is 13.1. The van der Waals surface area contributed by atoms with E-state index in [0.29, 0.717) is 0 Å². The molecule has 118 valence electrons. The van der Waals surface area contributed by atoms with Gasteiger partial charge in [-0.3, -0.25) is 4.79 Å². The number of hydrogen-bond acceptors (Lipinski definition) is 2. The van der Waals surface area contributed by atoms with Gasteiger partial charge >= 0.3 is 0 Å². The van der Waals surface area contributed by atoms with Crippen LogP contribution in [-0.2, 0) is 16.6 Å². The lowest BCUT2D eigenvalue weighted by molar-refractivity contribution is -0.124. The second kappa shape index (κ2) is 5.17. The molecule has 0 radical (unpaired) electrons. The molecular formula is C19H19FN2O. The van der Waals surface area contributed by atoms with Gasteiger partial charge in [0.2, 0.25) is 5.91 Å². The second-order valence-electron chi connectivity index (χ2n) is 6.60. The van der Waals surface area contributed by atoms with Crippen molar-refractivity contribution in [2.45, 2.75) is 36.8 Å². The Bertz CT molecular complexity index is 752. The molecule has 0 heterocycles. The highest BCUT2D eigenvalue weighted by atomic mass is 19.1. The molecular weight excluding hydrogens is 291 g/mol. The van der Waals surface area contributed by atoms with Crippen LogP contribution in [0.5, 0.6) is 0 Å². The van der Waals surface area contributed by atoms with Gasteiger partial charge in [-0.05, 0) is 48.1 Å². The van der Waals surface area contributed by atoms with Crippen LogP contribution in [0.2, 0.25) is 0 Å². The van der Waals surface area contributed by atoms with Crippen LogP contribution in [0.4, 0.5) is 4.39 Å². The molecule has 0 aliphatic heterocycles. The lowest BCUT2D eigenvalue weighted by Crippen LogP contribution is -2.45. The molecule has 1 amide bonds. The maximum Gasteiger partial charge on any atom is 0.230 e. The van der Waals surface area contributed by atoms with Gasteiger partial charge in [0.05, 0.1) is 17.5 Å². The van der Waals surface area contributed by atoms with E-state index in [1.807, 2.05) is 18.2 Å². The van der Waals surface area contributed by atoms with Gasteiger partial charge in [0.15, 0.2) is 0 Å². The number of fused-ring (bicyclic) bond motifs is 1. The minimum absolute atomic E-state index is 0.0114. The highest BCUT2D eigenvalue weighted by Gasteiger charge is 2.52. The Hall–Kier alpha value is -2.20. The highest BCUT2D eigenvalue weighted by molar-refractivity contribution is 5.91. The maximum atomic E-state index is 13.1. The molecule has 0 aromatic heterocycles. The van der Waals surface area contributed by atoms with E-state index in [2.05, 4.69) is 11.4 Å². The van der Waals surface area contributed by atoms with Crippen molar-refractivity contribution in [1.29, 1.82) is 0 Å². The number of nitrogens with one attached hydrogen (secondary N) is 1. The smallest absolute Gasteiger partial charge is 0.230 e. The average Bonchev–Trinajstić information content (AvgIpc) is 3.31. The van der Waals surface area contributed by atoms with Crippen LogP contribution < -0.4 is 11.1 Å². The summed E-state index contributed by atoms with van der Waals surface area (Å²) in [7, 11) is 0. The van der Waals surface area contributed by atoms with Crippen LogP contribution in [0, 0.1) is 5.82 Å². The van der Waals surface area contributed by atoms with E-state index < -0.39 is 5.41 Å². The van der Waals surface area contributed by atoms with Crippen LogP contribution in [0.25, 0.3) is 0 Å². The van der Waals surface area contributed by atoms with Gasteiger partial charge in [0, 0.05) is 0 Å². The third-order valence-electron chi connectivity index (χ3n) is 5.19. The molecule has 1 saturated carbocycles. The number of rotatable bonds is 3. The maximum absolute atomic E-state index is 13.1. The molecule has 4 rings (SSSR count). The summed E-state index contributed by atoms with van der Waals surface area (Å²) in [5.41, 5.74) is 9.01. The molecule has 2 aromatic rings. The van der Waals surface area contributed by atoms with Crippen LogP contribution in [0.15, 0.2) is 48.5 Å². The second-order valence-corrected chi connectivity index (χ2v) is 6.60. The Morgan fingerprint density at radius 1 is 1.13 bits per heavy atom. The van der Waals surface area contributed by atoms with Gasteiger partial charge in [0.1, 0.15) is 5.82 Å². The van der Waals surface area contributed by atoms with Crippen molar-refractivity contribution < 1.29 is 9.18 Å². The summed E-state index contributed by atoms with van der Waals surface area (Å²) in [5.74, 6) is -0.268. The van der Waals surface area contributed by atoms with Crippen molar-refractivity contribution >= 4 is 5.91 Å². The minimum atomic E-state index is -0.498. The first-order valence-electron chi connectivity index (χ1n) is 8.00. The summed E-state index contributed by atoms with van der Waals surface area (Å²) in [6.07, 6.45) is 2.38. The molecule has 0 bridgehead atoms. The van der Waals surface area contributed by atoms with E-state index in [1.165, 1.54) is 17.7 Å². The number of hydrogen-bond donors (Lipinski definition) is 2. The van der Waals surface area contributed by atoms with Crippen LogP contribution >= 0.6 is 0 Å². The average molecular weight is 310 g/mol. The quantitative estimate of drug-likeness (QED) is 0.915. The predicted molar refractivity (Wildman–Crippen MR) is 86.3 cm³/mol. The van der Waals surface area contributed by atoms with Crippen molar-refractivity contribution in [3.8, 4) is 0 Å². The van der Waals surface area contributed by atoms with Crippen LogP contribution in [-0.4, -0.2) is 11.9 Å². The van der Waals surface area contributed by atoms with Crippen molar-refractivity contribution in [2.75, 3.05) is 0 Å². The Labute approximate surface area is 134 Å². The third kappa shape index (κ3) is 2.34. The van der Waals surface area contributed by atoms with Crippen molar-refractivity contribution in [2.24, 2.45) is 5.73 Å². The Morgan fingerprint density at radius 3 is 2.48 bits per heavy atom. The molecule has 0 spiro atoms. The first-order valence-corrected chi connectivity index (χ1v) is 8.00. The molecule has 1 fully saturated rings. The number of halogens is 1. The molecule has 4 heteroatoms. The first kappa shape index (κ1) is 14.4. The van der Waals surface area contributed by atoms with Gasteiger partial charge in [0.25, 0.3) is 0 Å². The zero-order valence-electron chi connectivity index (χ0n) is 12.8. The lowest BCUT2D eigenvalue weighted by Gasteiger charge is -2.22. The summed E-state index contributed by atoms with van der Waals surface area (Å²) in [6.45, 7) is 0. The summed E-state index contributed by atoms with van der Waals surface area (Å²) >= 11 is 0. The standard InChI is InChI=1S/C19H19FN2O/c20-14-7-5-13(6-8-14)19(9-10-19)18(23)22-16-11-12-3-1-2-4-15(12)17(16)21/h1-8,16-17H,9-11,21H2,(H,22,23)/t16-,17-/m0/s1. The fourth-order valence-electron chi connectivity index (χ4n) is 3.61. The zero-order chi connectivity index (χ0) is 16.0. The highest BCUT2D eigenvalue weighted by Crippen LogP contribution is 2.48. The lowest BCUT2D eigenvalue weighted by atomic mass is 9.94. The van der Waals surface area contributed by atoms with E-state index in [9.17, 15) is 9.18 Å². The minimum Gasteiger partial charge on any atom is -0.350 e. The van der Waals surface area contributed by atoms with Gasteiger partial charge in [-0.15, -0.1) is 0 Å². The van der Waals surface area contributed by atoms with Gasteiger partial charge in [-0.25, -0.2) is 4.39 Å². The SMILES string of the molecule is N[C@H]1c2ccccc2C[C@@H]1NC(=O)C1(c2ccc(F)cc2)CC1. The van der Waals surface area contributed by atoms with Gasteiger partial charge in [-0.2, -0.15) is 0 Å². The molecule has 2 aliphatic carbocycles. The summed E-state index contributed by atoms with van der Waals surface area (Å²) in [4.78, 5) is 12.8. The molecule has 3 nitrogen and oxygen atoms in total. The molecule has 2 aliphatic rings. The molecule has 0 saturated heterocycles. The van der Waals surface area contributed by atoms with Crippen LogP contribution in [0.3, 0.4) is 0 Å². The number of amides is 1. The van der Waals surface area contributed by atoms with Crippen molar-refractivity contribution in [3.05, 3.63) is 71.0 Å². The summed E-state index contributed by atoms with van der Waals surface area (Å²) in [5, 5.41) is 3.13. The zero-order valence-corrected chi connectivity index (χ0v) is 12.8. The van der Waals surface area contributed by atoms with Crippen LogP contribution in [0.1, 0.15) is 35.6 Å². The number of carbonyl (C=O) groups excluding carboxylic acids is 1. The molecule has 2 atom stereocenters. The third-order valence-corrected chi connectivity index (χ3v) is 5.19. The molecule has 3 N–H and O–H groups in total. The Kier molecular flexibility index (Phi) is 3.23. The predicted octanol–water partition coefficient (Wildman–Crippen LogP) is 2.60. The van der Waals surface area contributed by atoms with E-state index in [0.717, 1.165) is 30.4 Å². The van der Waals surface area contributed by atoms with E-state index in [1.54, 1.807) is 12.1 Å². The Balaban J connectivity index is 1.52. The number of nitrogens with two attached hydrogens (primary N) is 1. The van der Waals surface area contributed by atoms with E-state index in [4.69, 9.17) is 5.73 Å². The van der Waals surface area contributed by atoms with Gasteiger partial charge in [-0.1, -0.05) is 36.4 Å². The van der Waals surface area contributed by atoms with E-state index >= 15 is 0 Å². The molecule has 0 unspecified atom stereocenters. The van der Waals surface area contributed by atoms with Gasteiger partial charge < -0.3 is 11.1 Å². The van der Waals surface area contributed by atoms with E-state index in [-0.39, 0.29) is 23.8 Å². The first-order chi connectivity index (χ1) is 11.1. The monoisotopic (exact) mass is 310 g/mol. The summed E-state index contributed by atoms with van der Waals surface area (Å²) in [6, 6.07) is 14.1. The number of carbonyl (C=O) groups is 1. The number of benzene rings is 2. The van der Waals surface area contributed by atoms with Crippen molar-refractivity contribution in [3.63, 3.8) is 0 Å². The Morgan fingerprint density at radius 2 is 1.83 bits per heavy atom. The molecule has 2 aromatic carbocycles. The molecule has 23 heavy (non-hydrogen) atoms. The van der Waals surface area contributed by atoms with Crippen molar-refractivity contribution in [1.82, 2.24) is 5.32 Å². The largest absolute Gasteiger partial charge is 0.350 e. The normalized spacial score (nSPS) is 24.1. The fraction of sp³-hybridized carbons (Fsp3) is 0.316. The fourth-order valence-corrected chi connectivity index (χ4v) is 3.61. The topological polar surface area (TPSA) is 55.1 Å².